The summed E-state index contributed by atoms with van der Waals surface area (Å²) in [5.74, 6) is 0.104. The van der Waals surface area contributed by atoms with E-state index in [0.29, 0.717) is 5.02 Å². The number of rotatable bonds is 3. The fourth-order valence-electron chi connectivity index (χ4n) is 2.52. The van der Waals surface area contributed by atoms with E-state index in [4.69, 9.17) is 11.6 Å². The van der Waals surface area contributed by atoms with Gasteiger partial charge in [-0.1, -0.05) is 29.8 Å². The summed E-state index contributed by atoms with van der Waals surface area (Å²) in [5, 5.41) is 7.07. The molecule has 4 heteroatoms. The maximum Gasteiger partial charge on any atom is 0.227 e. The smallest absolute Gasteiger partial charge is 0.227 e. The monoisotopic (exact) mass is 280 g/mol. The van der Waals surface area contributed by atoms with E-state index in [9.17, 15) is 4.79 Å². The van der Waals surface area contributed by atoms with Gasteiger partial charge in [0.1, 0.15) is 0 Å². The van der Waals surface area contributed by atoms with E-state index >= 15 is 0 Å². The van der Waals surface area contributed by atoms with Crippen LogP contribution in [0.3, 0.4) is 0 Å². The van der Waals surface area contributed by atoms with Crippen LogP contribution >= 0.6 is 11.6 Å². The van der Waals surface area contributed by atoms with Crippen LogP contribution in [0.2, 0.25) is 5.02 Å². The molecule has 0 radical (unpaired) electrons. The number of hydrogen-bond acceptors (Lipinski definition) is 2. The molecule has 1 fully saturated rings. The summed E-state index contributed by atoms with van der Waals surface area (Å²) in [4.78, 5) is 12.4. The van der Waals surface area contributed by atoms with E-state index in [2.05, 4.69) is 10.6 Å². The molecule has 1 unspecified atom stereocenters. The zero-order chi connectivity index (χ0) is 13.9. The third-order valence-corrected chi connectivity index (χ3v) is 4.21. The van der Waals surface area contributed by atoms with Crippen LogP contribution in [-0.4, -0.2) is 19.0 Å². The van der Waals surface area contributed by atoms with Crippen LogP contribution in [0.1, 0.15) is 38.3 Å². The van der Waals surface area contributed by atoms with Gasteiger partial charge >= 0.3 is 0 Å². The van der Waals surface area contributed by atoms with Crippen LogP contribution in [0, 0.1) is 5.41 Å². The highest BCUT2D eigenvalue weighted by atomic mass is 35.5. The second kappa shape index (κ2) is 5.93. The first-order chi connectivity index (χ1) is 9.03. The van der Waals surface area contributed by atoms with E-state index in [-0.39, 0.29) is 17.4 Å². The maximum absolute atomic E-state index is 12.4. The van der Waals surface area contributed by atoms with Crippen molar-refractivity contribution in [1.29, 1.82) is 0 Å². The van der Waals surface area contributed by atoms with E-state index < -0.39 is 0 Å². The van der Waals surface area contributed by atoms with Gasteiger partial charge in [-0.15, -0.1) is 0 Å². The van der Waals surface area contributed by atoms with Crippen molar-refractivity contribution < 1.29 is 4.79 Å². The second-order valence-corrected chi connectivity index (χ2v) is 5.96. The second-order valence-electron chi connectivity index (χ2n) is 5.56. The molecule has 0 aliphatic carbocycles. The Morgan fingerprint density at radius 2 is 2.21 bits per heavy atom. The van der Waals surface area contributed by atoms with E-state index in [1.807, 2.05) is 38.1 Å². The first-order valence-electron chi connectivity index (χ1n) is 6.79. The first-order valence-corrected chi connectivity index (χ1v) is 7.17. The predicted octanol–water partition coefficient (Wildman–Crippen LogP) is 2.91. The van der Waals surface area contributed by atoms with E-state index in [0.717, 1.165) is 31.5 Å². The lowest BCUT2D eigenvalue weighted by Crippen LogP contribution is -2.49. The molecule has 0 saturated carbocycles. The lowest BCUT2D eigenvalue weighted by atomic mass is 9.81. The molecule has 1 aliphatic rings. The molecular weight excluding hydrogens is 260 g/mol. The Hall–Kier alpha value is -1.06. The van der Waals surface area contributed by atoms with Gasteiger partial charge in [0, 0.05) is 11.6 Å². The highest BCUT2D eigenvalue weighted by Crippen LogP contribution is 2.28. The van der Waals surface area contributed by atoms with Gasteiger partial charge in [-0.2, -0.15) is 0 Å². The van der Waals surface area contributed by atoms with Gasteiger partial charge in [0.2, 0.25) is 5.91 Å². The molecule has 2 rings (SSSR count). The number of amides is 1. The molecule has 19 heavy (non-hydrogen) atoms. The molecule has 104 valence electrons. The van der Waals surface area contributed by atoms with Crippen LogP contribution < -0.4 is 10.6 Å². The van der Waals surface area contributed by atoms with Gasteiger partial charge in [0.05, 0.1) is 11.5 Å². The maximum atomic E-state index is 12.4. The SMILES string of the molecule is C[C@@H](NC(=O)C1(C)CCCNC1)c1ccccc1Cl. The Morgan fingerprint density at radius 3 is 2.84 bits per heavy atom. The minimum atomic E-state index is -0.312. The molecule has 2 N–H and O–H groups in total. The number of nitrogens with one attached hydrogen (secondary N) is 2. The van der Waals surface area contributed by atoms with Crippen molar-refractivity contribution in [3.63, 3.8) is 0 Å². The minimum absolute atomic E-state index is 0.0695. The minimum Gasteiger partial charge on any atom is -0.349 e. The average Bonchev–Trinajstić information content (AvgIpc) is 2.40. The Bertz CT molecular complexity index is 455. The van der Waals surface area contributed by atoms with Crippen molar-refractivity contribution in [1.82, 2.24) is 10.6 Å². The Balaban J connectivity index is 2.04. The highest BCUT2D eigenvalue weighted by Gasteiger charge is 2.35. The van der Waals surface area contributed by atoms with E-state index in [1.165, 1.54) is 0 Å². The van der Waals surface area contributed by atoms with Crippen molar-refractivity contribution in [3.8, 4) is 0 Å². The number of halogens is 1. The summed E-state index contributed by atoms with van der Waals surface area (Å²) in [6.07, 6.45) is 1.98. The molecule has 1 aliphatic heterocycles. The van der Waals surface area contributed by atoms with Crippen molar-refractivity contribution in [2.24, 2.45) is 5.41 Å². The molecular formula is C15H21ClN2O. The van der Waals surface area contributed by atoms with Crippen LogP contribution in [0.15, 0.2) is 24.3 Å². The van der Waals surface area contributed by atoms with Crippen LogP contribution in [0.5, 0.6) is 0 Å². The summed E-state index contributed by atoms with van der Waals surface area (Å²) < 4.78 is 0. The van der Waals surface area contributed by atoms with Crippen molar-refractivity contribution in [2.75, 3.05) is 13.1 Å². The highest BCUT2D eigenvalue weighted by molar-refractivity contribution is 6.31. The zero-order valence-electron chi connectivity index (χ0n) is 11.5. The summed E-state index contributed by atoms with van der Waals surface area (Å²) >= 11 is 6.16. The quantitative estimate of drug-likeness (QED) is 0.894. The van der Waals surface area contributed by atoms with Gasteiger partial charge in [0.15, 0.2) is 0 Å². The summed E-state index contributed by atoms with van der Waals surface area (Å²) in [5.41, 5.74) is 0.651. The molecule has 1 amide bonds. The Kier molecular flexibility index (Phi) is 4.48. The van der Waals surface area contributed by atoms with Gasteiger partial charge in [-0.3, -0.25) is 4.79 Å². The number of hydrogen-bond donors (Lipinski definition) is 2. The van der Waals surface area contributed by atoms with Gasteiger partial charge < -0.3 is 10.6 Å². The predicted molar refractivity (Wildman–Crippen MR) is 78.2 cm³/mol. The largest absolute Gasteiger partial charge is 0.349 e. The molecule has 1 aromatic carbocycles. The van der Waals surface area contributed by atoms with Crippen LogP contribution in [0.4, 0.5) is 0 Å². The van der Waals surface area contributed by atoms with Gasteiger partial charge in [-0.25, -0.2) is 0 Å². The van der Waals surface area contributed by atoms with Gasteiger partial charge in [0.25, 0.3) is 0 Å². The number of carbonyl (C=O) groups excluding carboxylic acids is 1. The normalized spacial score (nSPS) is 24.8. The number of carbonyl (C=O) groups is 1. The lowest BCUT2D eigenvalue weighted by molar-refractivity contribution is -0.131. The van der Waals surface area contributed by atoms with Crippen LogP contribution in [0.25, 0.3) is 0 Å². The molecule has 0 aromatic heterocycles. The van der Waals surface area contributed by atoms with E-state index in [1.54, 1.807) is 0 Å². The van der Waals surface area contributed by atoms with Gasteiger partial charge in [-0.05, 0) is 44.9 Å². The topological polar surface area (TPSA) is 41.1 Å². The fourth-order valence-corrected chi connectivity index (χ4v) is 2.82. The standard InChI is InChI=1S/C15H21ClN2O/c1-11(12-6-3-4-7-13(12)16)18-14(19)15(2)8-5-9-17-10-15/h3-4,6-7,11,17H,5,8-10H2,1-2H3,(H,18,19)/t11-,15?/m1/s1. The molecule has 0 bridgehead atoms. The van der Waals surface area contributed by atoms with Crippen molar-refractivity contribution >= 4 is 17.5 Å². The summed E-state index contributed by atoms with van der Waals surface area (Å²) in [6.45, 7) is 5.74. The fraction of sp³-hybridized carbons (Fsp3) is 0.533. The number of benzene rings is 1. The lowest BCUT2D eigenvalue weighted by Gasteiger charge is -2.33. The molecule has 0 spiro atoms. The summed E-state index contributed by atoms with van der Waals surface area (Å²) in [6, 6.07) is 7.57. The number of piperidine rings is 1. The average molecular weight is 281 g/mol. The zero-order valence-corrected chi connectivity index (χ0v) is 12.3. The third kappa shape index (κ3) is 3.28. The molecule has 2 atom stereocenters. The van der Waals surface area contributed by atoms with Crippen molar-refractivity contribution in [2.45, 2.75) is 32.7 Å². The third-order valence-electron chi connectivity index (χ3n) is 3.86. The molecule has 1 aromatic rings. The molecule has 1 heterocycles. The summed E-state index contributed by atoms with van der Waals surface area (Å²) in [7, 11) is 0. The van der Waals surface area contributed by atoms with Crippen LogP contribution in [-0.2, 0) is 4.79 Å². The first kappa shape index (κ1) is 14.4. The Morgan fingerprint density at radius 1 is 1.47 bits per heavy atom. The molecule has 1 saturated heterocycles. The van der Waals surface area contributed by atoms with Crippen molar-refractivity contribution in [3.05, 3.63) is 34.9 Å². The Labute approximate surface area is 119 Å². The molecule has 3 nitrogen and oxygen atoms in total.